The number of rotatable bonds is 6. The molecule has 33 heavy (non-hydrogen) atoms. The van der Waals surface area contributed by atoms with E-state index in [0.29, 0.717) is 25.8 Å². The monoisotopic (exact) mass is 450 g/mol. The molecule has 7 heteroatoms. The third-order valence-corrected chi connectivity index (χ3v) is 6.93. The van der Waals surface area contributed by atoms with Crippen LogP contribution in [0, 0.1) is 5.92 Å². The van der Waals surface area contributed by atoms with Gasteiger partial charge in [-0.3, -0.25) is 9.59 Å². The Morgan fingerprint density at radius 2 is 1.70 bits per heavy atom. The van der Waals surface area contributed by atoms with E-state index >= 15 is 0 Å². The van der Waals surface area contributed by atoms with E-state index in [1.807, 2.05) is 31.2 Å². The number of piperidine rings is 1. The first-order valence-corrected chi connectivity index (χ1v) is 11.6. The summed E-state index contributed by atoms with van der Waals surface area (Å²) in [6, 6.07) is 15.0. The number of benzene rings is 2. The van der Waals surface area contributed by atoms with Crippen molar-refractivity contribution in [3.8, 4) is 11.1 Å². The van der Waals surface area contributed by atoms with Gasteiger partial charge in [0.1, 0.15) is 12.6 Å². The van der Waals surface area contributed by atoms with Crippen molar-refractivity contribution in [2.45, 2.75) is 51.1 Å². The quantitative estimate of drug-likeness (QED) is 0.693. The smallest absolute Gasteiger partial charge is 0.407 e. The zero-order chi connectivity index (χ0) is 23.5. The number of amides is 2. The van der Waals surface area contributed by atoms with Gasteiger partial charge in [-0.05, 0) is 48.4 Å². The van der Waals surface area contributed by atoms with E-state index in [2.05, 4.69) is 29.6 Å². The molecule has 1 aliphatic carbocycles. The van der Waals surface area contributed by atoms with Gasteiger partial charge in [0.25, 0.3) is 0 Å². The normalized spacial score (nSPS) is 20.5. The van der Waals surface area contributed by atoms with Crippen LogP contribution in [0.3, 0.4) is 0 Å². The lowest BCUT2D eigenvalue weighted by atomic mass is 9.89. The molecule has 0 unspecified atom stereocenters. The Morgan fingerprint density at radius 3 is 2.27 bits per heavy atom. The van der Waals surface area contributed by atoms with Crippen molar-refractivity contribution < 1.29 is 24.2 Å². The Hall–Kier alpha value is -3.35. The molecule has 174 valence electrons. The molecule has 2 N–H and O–H groups in total. The Morgan fingerprint density at radius 1 is 1.09 bits per heavy atom. The molecule has 1 fully saturated rings. The highest BCUT2D eigenvalue weighted by molar-refractivity contribution is 5.87. The third kappa shape index (κ3) is 4.45. The van der Waals surface area contributed by atoms with E-state index in [4.69, 9.17) is 4.74 Å². The number of nitrogens with zero attached hydrogens (tertiary/aromatic N) is 1. The summed E-state index contributed by atoms with van der Waals surface area (Å²) in [5, 5.41) is 12.1. The highest BCUT2D eigenvalue weighted by Crippen LogP contribution is 2.44. The average Bonchev–Trinajstić information content (AvgIpc) is 3.14. The molecule has 4 rings (SSSR count). The molecule has 2 aliphatic rings. The van der Waals surface area contributed by atoms with Crippen LogP contribution in [0.4, 0.5) is 4.79 Å². The van der Waals surface area contributed by atoms with Gasteiger partial charge in [0.05, 0.1) is 5.92 Å². The number of alkyl carbamates (subject to hydrolysis) is 1. The van der Waals surface area contributed by atoms with Crippen molar-refractivity contribution in [1.29, 1.82) is 0 Å². The first kappa shape index (κ1) is 22.8. The molecule has 3 atom stereocenters. The fourth-order valence-electron chi connectivity index (χ4n) is 5.11. The van der Waals surface area contributed by atoms with Crippen LogP contribution in [-0.4, -0.2) is 53.2 Å². The summed E-state index contributed by atoms with van der Waals surface area (Å²) in [6.07, 6.45) is 0.937. The lowest BCUT2D eigenvalue weighted by Gasteiger charge is -2.39. The standard InChI is InChI=1S/C26H30N2O5/c1-3-23(24(29)28-14-8-13-17(16(28)2)25(30)31)27-26(32)33-15-22-20-11-6-4-9-18(20)19-10-5-7-12-21(19)22/h4-7,9-12,16-17,22-23H,3,8,13-15H2,1-2H3,(H,27,32)(H,30,31)/t16-,17-,23-/m1/s1. The maximum atomic E-state index is 13.1. The number of carboxylic acids is 1. The summed E-state index contributed by atoms with van der Waals surface area (Å²) in [6.45, 7) is 4.24. The Labute approximate surface area is 193 Å². The molecule has 1 saturated heterocycles. The van der Waals surface area contributed by atoms with Gasteiger partial charge in [-0.1, -0.05) is 55.5 Å². The van der Waals surface area contributed by atoms with E-state index in [1.165, 1.54) is 0 Å². The van der Waals surface area contributed by atoms with E-state index in [0.717, 1.165) is 22.3 Å². The second-order valence-electron chi connectivity index (χ2n) is 8.79. The van der Waals surface area contributed by atoms with Crippen LogP contribution in [0.1, 0.15) is 50.2 Å². The van der Waals surface area contributed by atoms with Crippen LogP contribution in [0.25, 0.3) is 11.1 Å². The molecule has 0 saturated carbocycles. The Bertz CT molecular complexity index is 1010. The maximum Gasteiger partial charge on any atom is 0.407 e. The average molecular weight is 451 g/mol. The third-order valence-electron chi connectivity index (χ3n) is 6.93. The maximum absolute atomic E-state index is 13.1. The fraction of sp³-hybridized carbons (Fsp3) is 0.423. The minimum absolute atomic E-state index is 0.0580. The number of nitrogens with one attached hydrogen (secondary N) is 1. The number of hydrogen-bond donors (Lipinski definition) is 2. The van der Waals surface area contributed by atoms with Gasteiger partial charge in [-0.25, -0.2) is 4.79 Å². The molecular weight excluding hydrogens is 420 g/mol. The van der Waals surface area contributed by atoms with Crippen molar-refractivity contribution in [1.82, 2.24) is 10.2 Å². The van der Waals surface area contributed by atoms with Gasteiger partial charge < -0.3 is 20.1 Å². The zero-order valence-corrected chi connectivity index (χ0v) is 19.0. The summed E-state index contributed by atoms with van der Waals surface area (Å²) in [5.41, 5.74) is 4.54. The summed E-state index contributed by atoms with van der Waals surface area (Å²) in [5.74, 6) is -1.80. The number of aliphatic carboxylic acids is 1. The SMILES string of the molecule is CC[C@@H](NC(=O)OCC1c2ccccc2-c2ccccc21)C(=O)N1CCC[C@@H](C(=O)O)[C@H]1C. The lowest BCUT2D eigenvalue weighted by molar-refractivity contribution is -0.149. The van der Waals surface area contributed by atoms with Gasteiger partial charge in [0.2, 0.25) is 5.91 Å². The Kier molecular flexibility index (Phi) is 6.67. The van der Waals surface area contributed by atoms with Crippen LogP contribution >= 0.6 is 0 Å². The number of carbonyl (C=O) groups is 3. The molecule has 0 spiro atoms. The van der Waals surface area contributed by atoms with Crippen LogP contribution in [0.5, 0.6) is 0 Å². The molecule has 7 nitrogen and oxygen atoms in total. The lowest BCUT2D eigenvalue weighted by Crippen LogP contribution is -2.55. The van der Waals surface area contributed by atoms with E-state index in [-0.39, 0.29) is 18.4 Å². The molecule has 2 aromatic carbocycles. The van der Waals surface area contributed by atoms with Crippen molar-refractivity contribution in [3.05, 3.63) is 59.7 Å². The summed E-state index contributed by atoms with van der Waals surface area (Å²) < 4.78 is 5.58. The summed E-state index contributed by atoms with van der Waals surface area (Å²) in [4.78, 5) is 38.8. The highest BCUT2D eigenvalue weighted by Gasteiger charge is 2.38. The van der Waals surface area contributed by atoms with Gasteiger partial charge in [0, 0.05) is 18.5 Å². The van der Waals surface area contributed by atoms with Crippen LogP contribution in [-0.2, 0) is 14.3 Å². The van der Waals surface area contributed by atoms with E-state index in [9.17, 15) is 19.5 Å². The second-order valence-corrected chi connectivity index (χ2v) is 8.79. The molecule has 2 aromatic rings. The van der Waals surface area contributed by atoms with Crippen molar-refractivity contribution >= 4 is 18.0 Å². The predicted molar refractivity (Wildman–Crippen MR) is 124 cm³/mol. The molecular formula is C26H30N2O5. The second kappa shape index (κ2) is 9.65. The first-order valence-electron chi connectivity index (χ1n) is 11.6. The van der Waals surface area contributed by atoms with Crippen molar-refractivity contribution in [2.24, 2.45) is 5.92 Å². The highest BCUT2D eigenvalue weighted by atomic mass is 16.5. The number of carboxylic acid groups (broad SMARTS) is 1. The molecule has 0 radical (unpaired) electrons. The van der Waals surface area contributed by atoms with E-state index < -0.39 is 30.1 Å². The molecule has 2 amide bonds. The zero-order valence-electron chi connectivity index (χ0n) is 19.0. The molecule has 0 bridgehead atoms. The van der Waals surface area contributed by atoms with Gasteiger partial charge in [-0.15, -0.1) is 0 Å². The summed E-state index contributed by atoms with van der Waals surface area (Å²) >= 11 is 0. The number of likely N-dealkylation sites (tertiary alicyclic amines) is 1. The molecule has 0 aromatic heterocycles. The molecule has 1 heterocycles. The minimum Gasteiger partial charge on any atom is -0.481 e. The minimum atomic E-state index is -0.891. The van der Waals surface area contributed by atoms with Crippen molar-refractivity contribution in [2.75, 3.05) is 13.2 Å². The summed E-state index contributed by atoms with van der Waals surface area (Å²) in [7, 11) is 0. The topological polar surface area (TPSA) is 95.9 Å². The van der Waals surface area contributed by atoms with Gasteiger partial charge in [-0.2, -0.15) is 0 Å². The number of carbonyl (C=O) groups excluding carboxylic acids is 2. The van der Waals surface area contributed by atoms with Crippen LogP contribution in [0.2, 0.25) is 0 Å². The predicted octanol–water partition coefficient (Wildman–Crippen LogP) is 4.02. The number of ether oxygens (including phenoxy) is 1. The fourth-order valence-corrected chi connectivity index (χ4v) is 5.11. The number of fused-ring (bicyclic) bond motifs is 3. The van der Waals surface area contributed by atoms with Crippen LogP contribution < -0.4 is 5.32 Å². The van der Waals surface area contributed by atoms with Crippen molar-refractivity contribution in [3.63, 3.8) is 0 Å². The first-order chi connectivity index (χ1) is 15.9. The largest absolute Gasteiger partial charge is 0.481 e. The number of hydrogen-bond acceptors (Lipinski definition) is 4. The van der Waals surface area contributed by atoms with Gasteiger partial charge >= 0.3 is 12.1 Å². The van der Waals surface area contributed by atoms with Crippen LogP contribution in [0.15, 0.2) is 48.5 Å². The molecule has 1 aliphatic heterocycles. The van der Waals surface area contributed by atoms with Gasteiger partial charge in [0.15, 0.2) is 0 Å². The Balaban J connectivity index is 1.40. The van der Waals surface area contributed by atoms with E-state index in [1.54, 1.807) is 11.8 Å².